The van der Waals surface area contributed by atoms with Crippen molar-refractivity contribution in [3.05, 3.63) is 45.3 Å². The Bertz CT molecular complexity index is 1030. The molecule has 0 aliphatic rings. The van der Waals surface area contributed by atoms with Crippen molar-refractivity contribution in [2.24, 2.45) is 0 Å². The number of amides is 3. The van der Waals surface area contributed by atoms with Crippen LogP contribution in [0.2, 0.25) is 5.02 Å². The van der Waals surface area contributed by atoms with Crippen LogP contribution in [0.3, 0.4) is 0 Å². The van der Waals surface area contributed by atoms with Gasteiger partial charge in [-0.2, -0.15) is 0 Å². The van der Waals surface area contributed by atoms with E-state index >= 15 is 0 Å². The monoisotopic (exact) mass is 444 g/mol. The molecule has 2 aromatic rings. The Morgan fingerprint density at radius 3 is 2.32 bits per heavy atom. The minimum Gasteiger partial charge on any atom is -0.453 e. The van der Waals surface area contributed by atoms with E-state index in [2.05, 4.69) is 10.1 Å². The molecule has 0 radical (unpaired) electrons. The highest BCUT2D eigenvalue weighted by Gasteiger charge is 2.25. The molecule has 0 bridgehead atoms. The third kappa shape index (κ3) is 5.09. The summed E-state index contributed by atoms with van der Waals surface area (Å²) in [6.07, 6.45) is -0.948. The fraction of sp³-hybridized carbons (Fsp3) is 0.235. The molecule has 1 aromatic carbocycles. The van der Waals surface area contributed by atoms with Gasteiger partial charge in [-0.3, -0.25) is 14.9 Å². The van der Waals surface area contributed by atoms with Crippen LogP contribution in [0.1, 0.15) is 20.8 Å². The van der Waals surface area contributed by atoms with Crippen LogP contribution in [0.5, 0.6) is 0 Å². The number of carbonyl (C=O) groups is 3. The van der Waals surface area contributed by atoms with Crippen molar-refractivity contribution >= 4 is 55.7 Å². The predicted molar refractivity (Wildman–Crippen MR) is 106 cm³/mol. The second-order valence-corrected chi connectivity index (χ2v) is 9.35. The van der Waals surface area contributed by atoms with Crippen LogP contribution in [-0.2, 0) is 19.4 Å². The first-order chi connectivity index (χ1) is 13.0. The fourth-order valence-electron chi connectivity index (χ4n) is 2.26. The second-order valence-electron chi connectivity index (χ2n) is 5.69. The SMILES string of the molecule is COC(=O)NC(=O)c1c(NC(=O)CS(=O)(=O)c2ccc(Cl)cc2)sc(C)c1C. The molecule has 150 valence electrons. The van der Waals surface area contributed by atoms with E-state index < -0.39 is 33.5 Å². The number of benzene rings is 1. The third-order valence-corrected chi connectivity index (χ3v) is 6.77. The van der Waals surface area contributed by atoms with Crippen molar-refractivity contribution < 1.29 is 27.5 Å². The average molecular weight is 445 g/mol. The molecule has 0 unspecified atom stereocenters. The Morgan fingerprint density at radius 2 is 1.75 bits per heavy atom. The molecule has 0 aliphatic carbocycles. The van der Waals surface area contributed by atoms with E-state index in [-0.39, 0.29) is 15.5 Å². The Morgan fingerprint density at radius 1 is 1.14 bits per heavy atom. The van der Waals surface area contributed by atoms with Gasteiger partial charge in [0.25, 0.3) is 5.91 Å². The molecular formula is C17H17ClN2O6S2. The van der Waals surface area contributed by atoms with Crippen molar-refractivity contribution in [1.29, 1.82) is 0 Å². The van der Waals surface area contributed by atoms with Gasteiger partial charge in [-0.1, -0.05) is 11.6 Å². The Hall–Kier alpha value is -2.43. The van der Waals surface area contributed by atoms with Gasteiger partial charge in [0, 0.05) is 9.90 Å². The zero-order chi connectivity index (χ0) is 21.1. The number of thiophene rings is 1. The van der Waals surface area contributed by atoms with Gasteiger partial charge in [0.2, 0.25) is 5.91 Å². The molecule has 2 rings (SSSR count). The fourth-order valence-corrected chi connectivity index (χ4v) is 4.59. The molecule has 11 heteroatoms. The minimum atomic E-state index is -3.90. The lowest BCUT2D eigenvalue weighted by Gasteiger charge is -2.08. The number of hydrogen-bond donors (Lipinski definition) is 2. The maximum atomic E-state index is 12.4. The molecule has 0 spiro atoms. The van der Waals surface area contributed by atoms with Crippen LogP contribution in [0, 0.1) is 13.8 Å². The van der Waals surface area contributed by atoms with Crippen LogP contribution < -0.4 is 10.6 Å². The normalized spacial score (nSPS) is 11.0. The minimum absolute atomic E-state index is 0.0470. The summed E-state index contributed by atoms with van der Waals surface area (Å²) in [5.41, 5.74) is 0.632. The van der Waals surface area contributed by atoms with Crippen molar-refractivity contribution in [2.75, 3.05) is 18.2 Å². The predicted octanol–water partition coefficient (Wildman–Crippen LogP) is 2.93. The molecule has 3 amide bonds. The maximum absolute atomic E-state index is 12.4. The quantitative estimate of drug-likeness (QED) is 0.731. The summed E-state index contributed by atoms with van der Waals surface area (Å²) in [5, 5.41) is 4.98. The van der Waals surface area contributed by atoms with E-state index in [0.29, 0.717) is 10.6 Å². The highest BCUT2D eigenvalue weighted by molar-refractivity contribution is 7.92. The summed E-state index contributed by atoms with van der Waals surface area (Å²) in [5.74, 6) is -2.39. The lowest BCUT2D eigenvalue weighted by atomic mass is 10.1. The number of sulfone groups is 1. The van der Waals surface area contributed by atoms with E-state index in [9.17, 15) is 22.8 Å². The largest absolute Gasteiger partial charge is 0.453 e. The van der Waals surface area contributed by atoms with E-state index in [0.717, 1.165) is 23.3 Å². The number of rotatable bonds is 5. The molecule has 0 aliphatic heterocycles. The van der Waals surface area contributed by atoms with Gasteiger partial charge in [-0.25, -0.2) is 13.2 Å². The van der Waals surface area contributed by atoms with Gasteiger partial charge in [0.1, 0.15) is 10.8 Å². The Balaban J connectivity index is 2.22. The van der Waals surface area contributed by atoms with Crippen molar-refractivity contribution in [1.82, 2.24) is 5.32 Å². The molecule has 0 saturated heterocycles. The zero-order valence-electron chi connectivity index (χ0n) is 15.2. The molecule has 8 nitrogen and oxygen atoms in total. The van der Waals surface area contributed by atoms with Crippen molar-refractivity contribution in [2.45, 2.75) is 18.7 Å². The van der Waals surface area contributed by atoms with Crippen LogP contribution in [0.15, 0.2) is 29.2 Å². The molecular weight excluding hydrogens is 428 g/mol. The standard InChI is InChI=1S/C17H17ClN2O6S2/c1-9-10(2)27-16(14(9)15(22)20-17(23)26-3)19-13(21)8-28(24,25)12-6-4-11(18)5-7-12/h4-7H,8H2,1-3H3,(H,19,21)(H,20,22,23). The number of hydrogen-bond acceptors (Lipinski definition) is 7. The van der Waals surface area contributed by atoms with Crippen LogP contribution in [0.25, 0.3) is 0 Å². The van der Waals surface area contributed by atoms with E-state index in [1.807, 2.05) is 5.32 Å². The highest BCUT2D eigenvalue weighted by atomic mass is 35.5. The van der Waals surface area contributed by atoms with Gasteiger partial charge in [-0.15, -0.1) is 11.3 Å². The van der Waals surface area contributed by atoms with Crippen molar-refractivity contribution in [3.63, 3.8) is 0 Å². The molecule has 2 N–H and O–H groups in total. The number of ether oxygens (including phenoxy) is 1. The smallest absolute Gasteiger partial charge is 0.413 e. The van der Waals surface area contributed by atoms with Gasteiger partial charge in [-0.05, 0) is 43.7 Å². The van der Waals surface area contributed by atoms with Gasteiger partial charge < -0.3 is 10.1 Å². The molecule has 0 atom stereocenters. The van der Waals surface area contributed by atoms with Crippen LogP contribution in [-0.4, -0.2) is 39.2 Å². The number of halogens is 1. The maximum Gasteiger partial charge on any atom is 0.413 e. The number of carbonyl (C=O) groups excluding carboxylic acids is 3. The average Bonchev–Trinajstić information content (AvgIpc) is 2.88. The summed E-state index contributed by atoms with van der Waals surface area (Å²) >= 11 is 6.84. The number of anilines is 1. The molecule has 1 aromatic heterocycles. The molecule has 0 fully saturated rings. The lowest BCUT2D eigenvalue weighted by molar-refractivity contribution is -0.113. The molecule has 0 saturated carbocycles. The summed E-state index contributed by atoms with van der Waals surface area (Å²) < 4.78 is 29.1. The highest BCUT2D eigenvalue weighted by Crippen LogP contribution is 2.32. The summed E-state index contributed by atoms with van der Waals surface area (Å²) in [6.45, 7) is 3.38. The first-order valence-electron chi connectivity index (χ1n) is 7.82. The summed E-state index contributed by atoms with van der Waals surface area (Å²) in [6, 6.07) is 5.43. The molecule has 1 heterocycles. The Labute approximate surface area is 170 Å². The van der Waals surface area contributed by atoms with E-state index in [1.54, 1.807) is 13.8 Å². The van der Waals surface area contributed by atoms with Gasteiger partial charge >= 0.3 is 6.09 Å². The number of imide groups is 1. The Kier molecular flexibility index (Phi) is 6.81. The topological polar surface area (TPSA) is 119 Å². The number of alkyl carbamates (subject to hydrolysis) is 1. The first kappa shape index (κ1) is 21.9. The molecule has 28 heavy (non-hydrogen) atoms. The summed E-state index contributed by atoms with van der Waals surface area (Å²) in [4.78, 5) is 36.6. The number of methoxy groups -OCH3 is 1. The van der Waals surface area contributed by atoms with Gasteiger partial charge in [0.15, 0.2) is 9.84 Å². The summed E-state index contributed by atoms with van der Waals surface area (Å²) in [7, 11) is -2.79. The van der Waals surface area contributed by atoms with Gasteiger partial charge in [0.05, 0.1) is 17.6 Å². The van der Waals surface area contributed by atoms with E-state index in [4.69, 9.17) is 11.6 Å². The lowest BCUT2D eigenvalue weighted by Crippen LogP contribution is -2.31. The third-order valence-electron chi connectivity index (χ3n) is 3.76. The first-order valence-corrected chi connectivity index (χ1v) is 10.7. The second kappa shape index (κ2) is 8.72. The number of aryl methyl sites for hydroxylation is 1. The van der Waals surface area contributed by atoms with Crippen LogP contribution in [0.4, 0.5) is 9.80 Å². The number of nitrogens with one attached hydrogen (secondary N) is 2. The zero-order valence-corrected chi connectivity index (χ0v) is 17.5. The van der Waals surface area contributed by atoms with Crippen molar-refractivity contribution in [3.8, 4) is 0 Å². The van der Waals surface area contributed by atoms with Crippen LogP contribution >= 0.6 is 22.9 Å². The van der Waals surface area contributed by atoms with E-state index in [1.165, 1.54) is 24.3 Å².